The Morgan fingerprint density at radius 1 is 0.362 bits per heavy atom. The molecular weight excluding hydrogens is 721 g/mol. The molecule has 6 nitrogen and oxygen atoms in total. The number of hydrogen-bond donors (Lipinski definition) is 0. The average Bonchev–Trinajstić information content (AvgIpc) is 3.22. The van der Waals surface area contributed by atoms with Crippen LogP contribution in [0.4, 0.5) is 0 Å². The molecule has 0 N–H and O–H groups in total. The summed E-state index contributed by atoms with van der Waals surface area (Å²) in [6.45, 7) is 6.40. The Hall–Kier alpha value is -3.15. The molecule has 0 spiro atoms. The number of hydrogen-bond acceptors (Lipinski definition) is 6. The van der Waals surface area contributed by atoms with Crippen LogP contribution < -0.4 is 0 Å². The van der Waals surface area contributed by atoms with E-state index in [4.69, 9.17) is 14.2 Å². The first-order valence-electron chi connectivity index (χ1n) is 23.9. The lowest BCUT2D eigenvalue weighted by Gasteiger charge is -2.18. The molecule has 0 aromatic carbocycles. The minimum absolute atomic E-state index is 0.0860. The predicted molar refractivity (Wildman–Crippen MR) is 247 cm³/mol. The highest BCUT2D eigenvalue weighted by Gasteiger charge is 2.19. The summed E-state index contributed by atoms with van der Waals surface area (Å²) in [4.78, 5) is 37.7. The molecule has 6 heteroatoms. The van der Waals surface area contributed by atoms with Crippen LogP contribution in [0.5, 0.6) is 0 Å². The van der Waals surface area contributed by atoms with Crippen molar-refractivity contribution in [2.24, 2.45) is 0 Å². The van der Waals surface area contributed by atoms with Gasteiger partial charge in [-0.25, -0.2) is 0 Å². The van der Waals surface area contributed by atoms with Gasteiger partial charge in [0.1, 0.15) is 13.2 Å². The zero-order chi connectivity index (χ0) is 42.3. The fourth-order valence-corrected chi connectivity index (χ4v) is 6.33. The van der Waals surface area contributed by atoms with Gasteiger partial charge in [0.05, 0.1) is 0 Å². The molecule has 0 aliphatic carbocycles. The van der Waals surface area contributed by atoms with Crippen molar-refractivity contribution in [2.75, 3.05) is 13.2 Å². The normalized spacial score (nSPS) is 12.7. The standard InChI is InChI=1S/C52H88O6/c1-4-7-10-13-16-18-20-22-24-25-26-27-28-30-31-33-36-39-42-45-51(54)57-48-49(47-56-50(53)44-41-38-35-15-12-9-6-3)58-52(55)46-43-40-37-34-32-29-23-21-19-17-14-11-8-5-2/h7,10,14,16-18,21-24,26-27,49H,4-6,8-9,11-13,15,19-20,25,28-48H2,1-3H3/b10-7-,17-14-,18-16-,23-21-,24-22-,27-26-. The highest BCUT2D eigenvalue weighted by molar-refractivity contribution is 5.71. The first-order chi connectivity index (χ1) is 28.5. The van der Waals surface area contributed by atoms with Crippen molar-refractivity contribution in [1.82, 2.24) is 0 Å². The molecule has 0 aromatic rings. The molecule has 1 atom stereocenters. The Morgan fingerprint density at radius 3 is 1.10 bits per heavy atom. The van der Waals surface area contributed by atoms with E-state index in [1.807, 2.05) is 0 Å². The van der Waals surface area contributed by atoms with Gasteiger partial charge in [-0.2, -0.15) is 0 Å². The molecule has 0 saturated carbocycles. The zero-order valence-electron chi connectivity index (χ0n) is 37.8. The smallest absolute Gasteiger partial charge is 0.306 e. The lowest BCUT2D eigenvalue weighted by Crippen LogP contribution is -2.30. The monoisotopic (exact) mass is 809 g/mol. The summed E-state index contributed by atoms with van der Waals surface area (Å²) in [5.41, 5.74) is 0. The van der Waals surface area contributed by atoms with Crippen LogP contribution in [0.3, 0.4) is 0 Å². The van der Waals surface area contributed by atoms with E-state index in [9.17, 15) is 14.4 Å². The first kappa shape index (κ1) is 54.9. The molecule has 0 bridgehead atoms. The molecule has 0 rings (SSSR count). The third kappa shape index (κ3) is 44.0. The Balaban J connectivity index is 4.32. The minimum atomic E-state index is -0.784. The second-order valence-corrected chi connectivity index (χ2v) is 15.6. The lowest BCUT2D eigenvalue weighted by atomic mass is 10.1. The van der Waals surface area contributed by atoms with Crippen molar-refractivity contribution in [3.63, 3.8) is 0 Å². The van der Waals surface area contributed by atoms with Crippen molar-refractivity contribution >= 4 is 17.9 Å². The third-order valence-corrected chi connectivity index (χ3v) is 9.95. The van der Waals surface area contributed by atoms with Gasteiger partial charge >= 0.3 is 17.9 Å². The van der Waals surface area contributed by atoms with Crippen molar-refractivity contribution in [2.45, 2.75) is 226 Å². The number of carbonyl (C=O) groups excluding carboxylic acids is 3. The molecular formula is C52H88O6. The van der Waals surface area contributed by atoms with Crippen molar-refractivity contribution in [1.29, 1.82) is 0 Å². The van der Waals surface area contributed by atoms with Crippen molar-refractivity contribution < 1.29 is 28.6 Å². The number of esters is 3. The molecule has 58 heavy (non-hydrogen) atoms. The van der Waals surface area contributed by atoms with E-state index < -0.39 is 6.10 Å². The van der Waals surface area contributed by atoms with Gasteiger partial charge in [0.15, 0.2) is 6.10 Å². The summed E-state index contributed by atoms with van der Waals surface area (Å²) >= 11 is 0. The van der Waals surface area contributed by atoms with Crippen molar-refractivity contribution in [3.8, 4) is 0 Å². The summed E-state index contributed by atoms with van der Waals surface area (Å²) in [5, 5.41) is 0. The summed E-state index contributed by atoms with van der Waals surface area (Å²) in [6, 6.07) is 0. The Labute approximate surface area is 357 Å². The molecule has 0 radical (unpaired) electrons. The minimum Gasteiger partial charge on any atom is -0.462 e. The SMILES string of the molecule is CC/C=C\C/C=C\C/C=C\C/C=C\CCCCCCCCC(=O)OCC(COC(=O)CCCCCCCCC)OC(=O)CCCCCCC/C=C\C/C=C\CCCC. The van der Waals surface area contributed by atoms with Crippen LogP contribution >= 0.6 is 0 Å². The van der Waals surface area contributed by atoms with E-state index in [0.29, 0.717) is 19.3 Å². The molecule has 332 valence electrons. The van der Waals surface area contributed by atoms with Crippen LogP contribution in [0.1, 0.15) is 220 Å². The van der Waals surface area contributed by atoms with Crippen LogP contribution in [0.25, 0.3) is 0 Å². The van der Waals surface area contributed by atoms with Crippen LogP contribution in [-0.4, -0.2) is 37.2 Å². The largest absolute Gasteiger partial charge is 0.462 e. The maximum atomic E-state index is 12.7. The molecule has 0 aliphatic heterocycles. The van der Waals surface area contributed by atoms with Crippen LogP contribution in [0.2, 0.25) is 0 Å². The van der Waals surface area contributed by atoms with E-state index >= 15 is 0 Å². The number of rotatable bonds is 42. The van der Waals surface area contributed by atoms with E-state index in [0.717, 1.165) is 116 Å². The quantitative estimate of drug-likeness (QED) is 0.0264. The Bertz CT molecular complexity index is 1110. The molecule has 1 unspecified atom stereocenters. The summed E-state index contributed by atoms with van der Waals surface area (Å²) < 4.78 is 16.7. The summed E-state index contributed by atoms with van der Waals surface area (Å²) in [5.74, 6) is -0.924. The van der Waals surface area contributed by atoms with Gasteiger partial charge in [0, 0.05) is 19.3 Å². The number of carbonyl (C=O) groups is 3. The molecule has 0 aromatic heterocycles. The Morgan fingerprint density at radius 2 is 0.690 bits per heavy atom. The fourth-order valence-electron chi connectivity index (χ4n) is 6.33. The van der Waals surface area contributed by atoms with Gasteiger partial charge in [0.2, 0.25) is 0 Å². The second kappa shape index (κ2) is 46.5. The molecule has 0 saturated heterocycles. The third-order valence-electron chi connectivity index (χ3n) is 9.95. The van der Waals surface area contributed by atoms with Gasteiger partial charge in [0.25, 0.3) is 0 Å². The highest BCUT2D eigenvalue weighted by atomic mass is 16.6. The zero-order valence-corrected chi connectivity index (χ0v) is 37.8. The van der Waals surface area contributed by atoms with E-state index in [1.165, 1.54) is 64.2 Å². The maximum absolute atomic E-state index is 12.7. The van der Waals surface area contributed by atoms with Crippen LogP contribution in [-0.2, 0) is 28.6 Å². The topological polar surface area (TPSA) is 78.9 Å². The van der Waals surface area contributed by atoms with Gasteiger partial charge < -0.3 is 14.2 Å². The van der Waals surface area contributed by atoms with Crippen molar-refractivity contribution in [3.05, 3.63) is 72.9 Å². The summed E-state index contributed by atoms with van der Waals surface area (Å²) in [7, 11) is 0. The highest BCUT2D eigenvalue weighted by Crippen LogP contribution is 2.13. The van der Waals surface area contributed by atoms with Gasteiger partial charge in [-0.1, -0.05) is 190 Å². The Kier molecular flexibility index (Phi) is 44.0. The maximum Gasteiger partial charge on any atom is 0.306 e. The average molecular weight is 809 g/mol. The van der Waals surface area contributed by atoms with E-state index in [-0.39, 0.29) is 31.1 Å². The van der Waals surface area contributed by atoms with Crippen LogP contribution in [0, 0.1) is 0 Å². The number of allylic oxidation sites excluding steroid dienone is 12. The second-order valence-electron chi connectivity index (χ2n) is 15.6. The molecule has 0 fully saturated rings. The lowest BCUT2D eigenvalue weighted by molar-refractivity contribution is -0.167. The fraction of sp³-hybridized carbons (Fsp3) is 0.712. The molecule has 0 aliphatic rings. The molecule has 0 heterocycles. The van der Waals surface area contributed by atoms with Gasteiger partial charge in [-0.3, -0.25) is 14.4 Å². The first-order valence-corrected chi connectivity index (χ1v) is 23.9. The van der Waals surface area contributed by atoms with Crippen LogP contribution in [0.15, 0.2) is 72.9 Å². The van der Waals surface area contributed by atoms with E-state index in [2.05, 4.69) is 93.7 Å². The van der Waals surface area contributed by atoms with Gasteiger partial charge in [-0.15, -0.1) is 0 Å². The number of ether oxygens (including phenoxy) is 3. The van der Waals surface area contributed by atoms with E-state index in [1.54, 1.807) is 0 Å². The number of unbranched alkanes of at least 4 members (excludes halogenated alkanes) is 19. The molecule has 0 amide bonds. The summed E-state index contributed by atoms with van der Waals surface area (Å²) in [6.07, 6.45) is 57.5. The predicted octanol–water partition coefficient (Wildman–Crippen LogP) is 15.5. The van der Waals surface area contributed by atoms with Gasteiger partial charge in [-0.05, 0) is 83.5 Å².